The first-order valence-corrected chi connectivity index (χ1v) is 4.59. The van der Waals surface area contributed by atoms with Gasteiger partial charge in [-0.3, -0.25) is 0 Å². The molecule has 0 heterocycles. The molecule has 0 amide bonds. The maximum atomic E-state index is 13.1. The van der Waals surface area contributed by atoms with Crippen LogP contribution in [0, 0.1) is 5.82 Å². The molecule has 0 saturated heterocycles. The van der Waals surface area contributed by atoms with Crippen LogP contribution >= 0.6 is 0 Å². The van der Waals surface area contributed by atoms with Crippen molar-refractivity contribution in [1.29, 1.82) is 0 Å². The minimum absolute atomic E-state index is 0.182. The highest BCUT2D eigenvalue weighted by Gasteiger charge is 2.00. The zero-order valence-corrected chi connectivity index (χ0v) is 7.98. The van der Waals surface area contributed by atoms with Gasteiger partial charge in [0.25, 0.3) is 0 Å². The minimum Gasteiger partial charge on any atom is -0.379 e. The number of para-hydroxylation sites is 2. The highest BCUT2D eigenvalue weighted by molar-refractivity contribution is 5.41. The molecule has 0 unspecified atom stereocenters. The Morgan fingerprint density at radius 3 is 2.27 bits per heavy atom. The van der Waals surface area contributed by atoms with Crippen LogP contribution in [0.2, 0.25) is 0 Å². The molecule has 0 bridgehead atoms. The van der Waals surface area contributed by atoms with Crippen LogP contribution in [0.4, 0.5) is 10.1 Å². The summed E-state index contributed by atoms with van der Waals surface area (Å²) in [5.74, 6) is -0.206. The van der Waals surface area contributed by atoms with Gasteiger partial charge in [0.05, 0.1) is 5.69 Å². The number of benzene rings is 2. The Kier molecular flexibility index (Phi) is 2.83. The number of hydrogen-bond donors (Lipinski definition) is 1. The summed E-state index contributed by atoms with van der Waals surface area (Å²) in [5, 5.41) is 0. The van der Waals surface area contributed by atoms with Crippen molar-refractivity contribution >= 4 is 5.69 Å². The predicted octanol–water partition coefficient (Wildman–Crippen LogP) is 3.23. The standard InChI is InChI=1S/C12H10FNO/c13-11-8-4-5-9-12(11)15-14-10-6-2-1-3-7-10/h1-9,14H. The van der Waals surface area contributed by atoms with Crippen LogP contribution in [0.25, 0.3) is 0 Å². The summed E-state index contributed by atoms with van der Waals surface area (Å²) in [7, 11) is 0. The molecule has 15 heavy (non-hydrogen) atoms. The van der Waals surface area contributed by atoms with E-state index in [0.717, 1.165) is 5.69 Å². The molecule has 2 rings (SSSR count). The maximum absolute atomic E-state index is 13.1. The minimum atomic E-state index is -0.388. The Morgan fingerprint density at radius 1 is 0.867 bits per heavy atom. The van der Waals surface area contributed by atoms with Crippen molar-refractivity contribution < 1.29 is 9.23 Å². The third-order valence-corrected chi connectivity index (χ3v) is 1.89. The second-order valence-corrected chi connectivity index (χ2v) is 3.00. The van der Waals surface area contributed by atoms with Crippen molar-refractivity contribution in [1.82, 2.24) is 0 Å². The van der Waals surface area contributed by atoms with Gasteiger partial charge in [0.2, 0.25) is 0 Å². The van der Waals surface area contributed by atoms with Gasteiger partial charge in [-0.1, -0.05) is 30.3 Å². The van der Waals surface area contributed by atoms with Gasteiger partial charge in [-0.05, 0) is 24.3 Å². The molecular formula is C12H10FNO. The predicted molar refractivity (Wildman–Crippen MR) is 57.1 cm³/mol. The molecule has 2 aromatic carbocycles. The van der Waals surface area contributed by atoms with Crippen molar-refractivity contribution in [2.45, 2.75) is 0 Å². The highest BCUT2D eigenvalue weighted by Crippen LogP contribution is 2.16. The van der Waals surface area contributed by atoms with Gasteiger partial charge < -0.3 is 4.84 Å². The van der Waals surface area contributed by atoms with Crippen molar-refractivity contribution in [3.8, 4) is 5.75 Å². The van der Waals surface area contributed by atoms with Gasteiger partial charge in [0.15, 0.2) is 11.6 Å². The molecule has 3 heteroatoms. The van der Waals surface area contributed by atoms with Gasteiger partial charge in [-0.15, -0.1) is 0 Å². The Balaban J connectivity index is 2.03. The zero-order valence-electron chi connectivity index (χ0n) is 7.98. The summed E-state index contributed by atoms with van der Waals surface area (Å²) in [6.07, 6.45) is 0. The van der Waals surface area contributed by atoms with E-state index in [1.165, 1.54) is 6.07 Å². The highest BCUT2D eigenvalue weighted by atomic mass is 19.1. The Hall–Kier alpha value is -2.03. The summed E-state index contributed by atoms with van der Waals surface area (Å²) in [4.78, 5) is 5.10. The summed E-state index contributed by atoms with van der Waals surface area (Å²) < 4.78 is 13.1. The molecule has 0 aliphatic heterocycles. The normalized spacial score (nSPS) is 9.67. The second-order valence-electron chi connectivity index (χ2n) is 3.00. The Morgan fingerprint density at radius 2 is 1.53 bits per heavy atom. The van der Waals surface area contributed by atoms with Crippen LogP contribution in [0.15, 0.2) is 54.6 Å². The summed E-state index contributed by atoms with van der Waals surface area (Å²) in [5.41, 5.74) is 3.44. The summed E-state index contributed by atoms with van der Waals surface area (Å²) in [6.45, 7) is 0. The van der Waals surface area contributed by atoms with E-state index in [-0.39, 0.29) is 11.6 Å². The monoisotopic (exact) mass is 203 g/mol. The molecule has 76 valence electrons. The molecule has 1 N–H and O–H groups in total. The van der Waals surface area contributed by atoms with Crippen LogP contribution in [-0.2, 0) is 0 Å². The molecule has 0 radical (unpaired) electrons. The lowest BCUT2D eigenvalue weighted by molar-refractivity contribution is 0.378. The van der Waals surface area contributed by atoms with Crippen LogP contribution < -0.4 is 10.3 Å². The first kappa shape index (κ1) is 9.52. The van der Waals surface area contributed by atoms with Gasteiger partial charge in [0.1, 0.15) is 0 Å². The molecule has 0 aliphatic rings. The quantitative estimate of drug-likeness (QED) is 0.773. The fourth-order valence-corrected chi connectivity index (χ4v) is 1.15. The molecule has 0 spiro atoms. The molecule has 0 atom stereocenters. The lowest BCUT2D eigenvalue weighted by atomic mass is 10.3. The molecule has 0 aliphatic carbocycles. The molecule has 0 saturated carbocycles. The smallest absolute Gasteiger partial charge is 0.190 e. The van der Waals surface area contributed by atoms with E-state index in [2.05, 4.69) is 5.48 Å². The average molecular weight is 203 g/mol. The zero-order chi connectivity index (χ0) is 10.5. The number of halogens is 1. The van der Waals surface area contributed by atoms with E-state index in [9.17, 15) is 4.39 Å². The Labute approximate surface area is 87.3 Å². The number of rotatable bonds is 3. The Bertz CT molecular complexity index is 431. The van der Waals surface area contributed by atoms with E-state index >= 15 is 0 Å². The van der Waals surface area contributed by atoms with Crippen molar-refractivity contribution in [2.75, 3.05) is 5.48 Å². The maximum Gasteiger partial charge on any atom is 0.190 e. The van der Waals surface area contributed by atoms with Gasteiger partial charge in [0, 0.05) is 0 Å². The fraction of sp³-hybridized carbons (Fsp3) is 0. The SMILES string of the molecule is Fc1ccccc1ONc1ccccc1. The van der Waals surface area contributed by atoms with Gasteiger partial charge in [-0.2, -0.15) is 0 Å². The second kappa shape index (κ2) is 4.46. The van der Waals surface area contributed by atoms with E-state index in [0.29, 0.717) is 0 Å². The lowest BCUT2D eigenvalue weighted by Crippen LogP contribution is -2.05. The van der Waals surface area contributed by atoms with E-state index < -0.39 is 0 Å². The topological polar surface area (TPSA) is 21.3 Å². The summed E-state index contributed by atoms with van der Waals surface area (Å²) >= 11 is 0. The molecule has 0 aromatic heterocycles. The van der Waals surface area contributed by atoms with E-state index in [1.807, 2.05) is 30.3 Å². The summed E-state index contributed by atoms with van der Waals surface area (Å²) in [6, 6.07) is 15.5. The van der Waals surface area contributed by atoms with Crippen LogP contribution in [0.5, 0.6) is 5.75 Å². The van der Waals surface area contributed by atoms with E-state index in [1.54, 1.807) is 18.2 Å². The lowest BCUT2D eigenvalue weighted by Gasteiger charge is -2.08. The third kappa shape index (κ3) is 2.47. The largest absolute Gasteiger partial charge is 0.379 e. The van der Waals surface area contributed by atoms with Crippen LogP contribution in [-0.4, -0.2) is 0 Å². The van der Waals surface area contributed by atoms with Crippen molar-refractivity contribution in [2.24, 2.45) is 0 Å². The number of nitrogens with one attached hydrogen (secondary N) is 1. The van der Waals surface area contributed by atoms with Gasteiger partial charge >= 0.3 is 0 Å². The first-order chi connectivity index (χ1) is 7.36. The molecule has 0 fully saturated rings. The van der Waals surface area contributed by atoms with Crippen molar-refractivity contribution in [3.63, 3.8) is 0 Å². The van der Waals surface area contributed by atoms with E-state index in [4.69, 9.17) is 4.84 Å². The third-order valence-electron chi connectivity index (χ3n) is 1.89. The first-order valence-electron chi connectivity index (χ1n) is 4.59. The molecule has 2 aromatic rings. The van der Waals surface area contributed by atoms with Gasteiger partial charge in [-0.25, -0.2) is 9.87 Å². The molecular weight excluding hydrogens is 193 g/mol. The van der Waals surface area contributed by atoms with Crippen LogP contribution in [0.3, 0.4) is 0 Å². The van der Waals surface area contributed by atoms with Crippen molar-refractivity contribution in [3.05, 3.63) is 60.4 Å². The number of anilines is 1. The fourth-order valence-electron chi connectivity index (χ4n) is 1.15. The number of hydrogen-bond acceptors (Lipinski definition) is 2. The molecule has 2 nitrogen and oxygen atoms in total. The van der Waals surface area contributed by atoms with Crippen LogP contribution in [0.1, 0.15) is 0 Å². The average Bonchev–Trinajstić information content (AvgIpc) is 2.29.